The molecular weight excluding hydrogens is 456 g/mol. The smallest absolute Gasteiger partial charge is 0.410 e. The molecule has 0 spiro atoms. The standard InChI is InChI=1S/C29H36N2O5/c1-29(2,3)36-28(35)30(15-13-20-7-5-4-6-8-20)19-24(32)10-11-25(33)23-17-21-9-12-26(34)31-16-14-22(18-23)27(21)31/h4-8,17-18,24,32H,9-16,19H2,1-3H3. The molecule has 2 aliphatic heterocycles. The van der Waals surface area contributed by atoms with E-state index in [-0.39, 0.29) is 31.1 Å². The van der Waals surface area contributed by atoms with Crippen molar-refractivity contribution in [3.8, 4) is 0 Å². The maximum atomic E-state index is 13.0. The second-order valence-electron chi connectivity index (χ2n) is 10.7. The number of rotatable bonds is 9. The molecule has 1 N–H and O–H groups in total. The van der Waals surface area contributed by atoms with Crippen LogP contribution < -0.4 is 4.90 Å². The van der Waals surface area contributed by atoms with Crippen molar-refractivity contribution < 1.29 is 24.2 Å². The molecule has 0 bridgehead atoms. The summed E-state index contributed by atoms with van der Waals surface area (Å²) in [4.78, 5) is 41.3. The van der Waals surface area contributed by atoms with Gasteiger partial charge in [-0.05, 0) is 75.3 Å². The summed E-state index contributed by atoms with van der Waals surface area (Å²) in [5.41, 5.74) is 4.20. The van der Waals surface area contributed by atoms with Crippen molar-refractivity contribution in [2.45, 2.75) is 71.0 Å². The van der Waals surface area contributed by atoms with Gasteiger partial charge in [-0.2, -0.15) is 0 Å². The van der Waals surface area contributed by atoms with Gasteiger partial charge in [0, 0.05) is 38.0 Å². The van der Waals surface area contributed by atoms with Gasteiger partial charge in [0.05, 0.1) is 11.8 Å². The van der Waals surface area contributed by atoms with Gasteiger partial charge in [-0.3, -0.25) is 9.59 Å². The summed E-state index contributed by atoms with van der Waals surface area (Å²) >= 11 is 0. The molecule has 0 saturated heterocycles. The van der Waals surface area contributed by atoms with E-state index in [2.05, 4.69) is 0 Å². The molecule has 2 amide bonds. The largest absolute Gasteiger partial charge is 0.444 e. The van der Waals surface area contributed by atoms with E-state index in [9.17, 15) is 19.5 Å². The Labute approximate surface area is 213 Å². The van der Waals surface area contributed by atoms with Crippen molar-refractivity contribution >= 4 is 23.5 Å². The second kappa shape index (κ2) is 10.8. The molecule has 0 aliphatic carbocycles. The first-order valence-corrected chi connectivity index (χ1v) is 12.8. The van der Waals surface area contributed by atoms with Crippen molar-refractivity contribution in [2.24, 2.45) is 0 Å². The number of hydrogen-bond acceptors (Lipinski definition) is 5. The normalized spacial score (nSPS) is 15.4. The van der Waals surface area contributed by atoms with E-state index in [0.29, 0.717) is 37.9 Å². The molecule has 7 heteroatoms. The fourth-order valence-corrected chi connectivity index (χ4v) is 4.90. The maximum Gasteiger partial charge on any atom is 0.410 e. The van der Waals surface area contributed by atoms with Crippen molar-refractivity contribution in [2.75, 3.05) is 24.5 Å². The van der Waals surface area contributed by atoms with Crippen molar-refractivity contribution in [1.82, 2.24) is 4.90 Å². The topological polar surface area (TPSA) is 87.2 Å². The first-order chi connectivity index (χ1) is 17.1. The van der Waals surface area contributed by atoms with Crippen molar-refractivity contribution in [3.63, 3.8) is 0 Å². The molecule has 1 atom stereocenters. The molecule has 4 rings (SSSR count). The van der Waals surface area contributed by atoms with Crippen molar-refractivity contribution in [1.29, 1.82) is 0 Å². The van der Waals surface area contributed by atoms with Crippen LogP contribution in [0.25, 0.3) is 0 Å². The van der Waals surface area contributed by atoms with E-state index >= 15 is 0 Å². The highest BCUT2D eigenvalue weighted by molar-refractivity contribution is 6.02. The first-order valence-electron chi connectivity index (χ1n) is 12.8. The Kier molecular flexibility index (Phi) is 7.79. The number of carbonyl (C=O) groups excluding carboxylic acids is 3. The number of anilines is 1. The summed E-state index contributed by atoms with van der Waals surface area (Å²) in [5, 5.41) is 10.7. The zero-order valence-corrected chi connectivity index (χ0v) is 21.5. The molecule has 0 saturated carbocycles. The molecule has 36 heavy (non-hydrogen) atoms. The average Bonchev–Trinajstić information content (AvgIpc) is 3.27. The van der Waals surface area contributed by atoms with Gasteiger partial charge in [0.1, 0.15) is 5.60 Å². The fraction of sp³-hybridized carbons (Fsp3) is 0.483. The summed E-state index contributed by atoms with van der Waals surface area (Å²) in [7, 11) is 0. The van der Waals surface area contributed by atoms with Crippen LogP contribution in [0.5, 0.6) is 0 Å². The predicted octanol–water partition coefficient (Wildman–Crippen LogP) is 4.33. The van der Waals surface area contributed by atoms with E-state index in [1.165, 1.54) is 4.90 Å². The van der Waals surface area contributed by atoms with E-state index < -0.39 is 17.8 Å². The SMILES string of the molecule is CC(C)(C)OC(=O)N(CCc1ccccc1)CC(O)CCC(=O)c1cc2c3c(c1)CCN3C(=O)CC2. The van der Waals surface area contributed by atoms with Gasteiger partial charge in [0.25, 0.3) is 0 Å². The quantitative estimate of drug-likeness (QED) is 0.527. The molecule has 192 valence electrons. The number of aliphatic hydroxyl groups excluding tert-OH is 1. The maximum absolute atomic E-state index is 13.0. The number of Topliss-reactive ketones (excluding diaryl/α,β-unsaturated/α-hetero) is 1. The number of aliphatic hydroxyl groups is 1. The minimum atomic E-state index is -0.849. The molecule has 2 aliphatic rings. The fourth-order valence-electron chi connectivity index (χ4n) is 4.90. The van der Waals surface area contributed by atoms with E-state index in [1.807, 2.05) is 68.1 Å². The van der Waals surface area contributed by atoms with Crippen LogP contribution in [-0.4, -0.2) is 59.1 Å². The van der Waals surface area contributed by atoms with E-state index in [1.54, 1.807) is 0 Å². The van der Waals surface area contributed by atoms with Crippen LogP contribution in [0.15, 0.2) is 42.5 Å². The van der Waals surface area contributed by atoms with Crippen LogP contribution in [0.3, 0.4) is 0 Å². The van der Waals surface area contributed by atoms with Gasteiger partial charge in [0.15, 0.2) is 5.78 Å². The lowest BCUT2D eigenvalue weighted by Crippen LogP contribution is -2.42. The molecule has 0 radical (unpaired) electrons. The van der Waals surface area contributed by atoms with Gasteiger partial charge in [-0.15, -0.1) is 0 Å². The molecule has 0 aromatic heterocycles. The van der Waals surface area contributed by atoms with Gasteiger partial charge in [0.2, 0.25) is 5.91 Å². The Morgan fingerprint density at radius 1 is 1.08 bits per heavy atom. The van der Waals surface area contributed by atoms with Crippen LogP contribution >= 0.6 is 0 Å². The van der Waals surface area contributed by atoms with Crippen LogP contribution in [0.1, 0.15) is 67.1 Å². The van der Waals surface area contributed by atoms with Crippen molar-refractivity contribution in [3.05, 3.63) is 64.7 Å². The molecule has 1 unspecified atom stereocenters. The average molecular weight is 493 g/mol. The monoisotopic (exact) mass is 492 g/mol. The number of nitrogens with zero attached hydrogens (tertiary/aromatic N) is 2. The minimum absolute atomic E-state index is 0.0310. The summed E-state index contributed by atoms with van der Waals surface area (Å²) < 4.78 is 5.55. The predicted molar refractivity (Wildman–Crippen MR) is 138 cm³/mol. The van der Waals surface area contributed by atoms with Crippen LogP contribution in [0.4, 0.5) is 10.5 Å². The zero-order chi connectivity index (χ0) is 25.9. The van der Waals surface area contributed by atoms with E-state index in [4.69, 9.17) is 4.74 Å². The third-order valence-electron chi connectivity index (χ3n) is 6.67. The third-order valence-corrected chi connectivity index (χ3v) is 6.67. The van der Waals surface area contributed by atoms with Crippen LogP contribution in [-0.2, 0) is 28.8 Å². The zero-order valence-electron chi connectivity index (χ0n) is 21.5. The number of amides is 2. The Bertz CT molecular complexity index is 1120. The lowest BCUT2D eigenvalue weighted by molar-refractivity contribution is -0.118. The lowest BCUT2D eigenvalue weighted by atomic mass is 9.94. The summed E-state index contributed by atoms with van der Waals surface area (Å²) in [6.07, 6.45) is 1.66. The minimum Gasteiger partial charge on any atom is -0.444 e. The molecular formula is C29H36N2O5. The Morgan fingerprint density at radius 2 is 1.78 bits per heavy atom. The first kappa shape index (κ1) is 25.9. The molecule has 2 aromatic rings. The third kappa shape index (κ3) is 6.32. The number of ether oxygens (including phenoxy) is 1. The molecule has 2 heterocycles. The Balaban J connectivity index is 1.36. The Hall–Kier alpha value is -3.19. The molecule has 2 aromatic carbocycles. The number of benzene rings is 2. The highest BCUT2D eigenvalue weighted by Crippen LogP contribution is 2.37. The number of hydrogen-bond donors (Lipinski definition) is 1. The highest BCUT2D eigenvalue weighted by atomic mass is 16.6. The van der Waals surface area contributed by atoms with E-state index in [0.717, 1.165) is 28.8 Å². The second-order valence-corrected chi connectivity index (χ2v) is 10.7. The van der Waals surface area contributed by atoms with Gasteiger partial charge >= 0.3 is 6.09 Å². The van der Waals surface area contributed by atoms with Gasteiger partial charge in [-0.25, -0.2) is 4.79 Å². The van der Waals surface area contributed by atoms with Crippen LogP contribution in [0, 0.1) is 0 Å². The lowest BCUT2D eigenvalue weighted by Gasteiger charge is -2.29. The summed E-state index contributed by atoms with van der Waals surface area (Å²) in [5.74, 6) is 0.127. The van der Waals surface area contributed by atoms with Gasteiger partial charge in [-0.1, -0.05) is 30.3 Å². The van der Waals surface area contributed by atoms with Gasteiger partial charge < -0.3 is 19.6 Å². The number of ketones is 1. The number of carbonyl (C=O) groups is 3. The number of aryl methyl sites for hydroxylation is 1. The summed E-state index contributed by atoms with van der Waals surface area (Å²) in [6, 6.07) is 13.7. The summed E-state index contributed by atoms with van der Waals surface area (Å²) in [6.45, 7) is 6.63. The van der Waals surface area contributed by atoms with Crippen LogP contribution in [0.2, 0.25) is 0 Å². The Morgan fingerprint density at radius 3 is 2.47 bits per heavy atom. The highest BCUT2D eigenvalue weighted by Gasteiger charge is 2.32. The molecule has 7 nitrogen and oxygen atoms in total. The molecule has 0 fully saturated rings.